The number of rotatable bonds is 2. The number of aromatic nitrogens is 1. The molecule has 0 saturated carbocycles. The van der Waals surface area contributed by atoms with Crippen molar-refractivity contribution in [3.05, 3.63) is 30.1 Å². The minimum Gasteiger partial charge on any atom is -0.394 e. The highest BCUT2D eigenvalue weighted by Gasteiger charge is 2.21. The minimum absolute atomic E-state index is 0.0620. The van der Waals surface area contributed by atoms with E-state index in [0.29, 0.717) is 13.2 Å². The highest BCUT2D eigenvalue weighted by Crippen LogP contribution is 2.16. The van der Waals surface area contributed by atoms with Crippen molar-refractivity contribution in [2.45, 2.75) is 12.1 Å². The van der Waals surface area contributed by atoms with Gasteiger partial charge in [-0.2, -0.15) is 0 Å². The Balaban J connectivity index is 1.96. The lowest BCUT2D eigenvalue weighted by atomic mass is 10.1. The molecule has 1 fully saturated rings. The van der Waals surface area contributed by atoms with Crippen molar-refractivity contribution in [2.24, 2.45) is 0 Å². The molecule has 1 aliphatic rings. The van der Waals surface area contributed by atoms with Gasteiger partial charge in [-0.05, 0) is 17.7 Å². The summed E-state index contributed by atoms with van der Waals surface area (Å²) in [7, 11) is 0. The average Bonchev–Trinajstić information content (AvgIpc) is 2.30. The van der Waals surface area contributed by atoms with E-state index in [1.807, 2.05) is 12.1 Å². The van der Waals surface area contributed by atoms with E-state index in [0.717, 1.165) is 0 Å². The number of nitrogens with one attached hydrogen (secondary N) is 1. The average molecular weight is 194 g/mol. The molecule has 0 radical (unpaired) electrons. The number of hydrogen-bond acceptors (Lipinski definition) is 4. The maximum atomic E-state index is 8.87. The van der Waals surface area contributed by atoms with Crippen LogP contribution in [0, 0.1) is 0 Å². The number of aliphatic hydroxyl groups is 1. The molecule has 2 unspecified atom stereocenters. The van der Waals surface area contributed by atoms with Crippen LogP contribution in [0.3, 0.4) is 0 Å². The summed E-state index contributed by atoms with van der Waals surface area (Å²) in [5, 5.41) is 12.2. The van der Waals surface area contributed by atoms with Crippen LogP contribution in [0.25, 0.3) is 0 Å². The molecule has 14 heavy (non-hydrogen) atoms. The van der Waals surface area contributed by atoms with Gasteiger partial charge in [0.05, 0.1) is 25.4 Å². The fourth-order valence-corrected chi connectivity index (χ4v) is 1.55. The number of hydrogen-bond donors (Lipinski definition) is 2. The quantitative estimate of drug-likeness (QED) is 0.701. The summed E-state index contributed by atoms with van der Waals surface area (Å²) in [6, 6.07) is 4.17. The molecule has 1 saturated heterocycles. The smallest absolute Gasteiger partial charge is 0.0930 e. The van der Waals surface area contributed by atoms with Gasteiger partial charge in [0.1, 0.15) is 0 Å². The molecule has 2 N–H and O–H groups in total. The highest BCUT2D eigenvalue weighted by molar-refractivity contribution is 5.15. The summed E-state index contributed by atoms with van der Waals surface area (Å²) in [6.07, 6.45) is 3.48. The van der Waals surface area contributed by atoms with E-state index >= 15 is 0 Å². The van der Waals surface area contributed by atoms with Gasteiger partial charge in [-0.3, -0.25) is 4.98 Å². The molecule has 0 amide bonds. The van der Waals surface area contributed by atoms with E-state index in [2.05, 4.69) is 10.3 Å². The Bertz CT molecular complexity index is 271. The second-order valence-corrected chi connectivity index (χ2v) is 3.38. The number of nitrogens with zero attached hydrogens (tertiary/aromatic N) is 1. The van der Waals surface area contributed by atoms with Crippen LogP contribution < -0.4 is 5.32 Å². The van der Waals surface area contributed by atoms with Gasteiger partial charge >= 0.3 is 0 Å². The molecule has 76 valence electrons. The maximum Gasteiger partial charge on any atom is 0.0930 e. The summed E-state index contributed by atoms with van der Waals surface area (Å²) < 4.78 is 5.46. The van der Waals surface area contributed by atoms with Crippen molar-refractivity contribution < 1.29 is 9.84 Å². The van der Waals surface area contributed by atoms with Crippen molar-refractivity contribution in [2.75, 3.05) is 19.8 Å². The van der Waals surface area contributed by atoms with Gasteiger partial charge in [0, 0.05) is 18.9 Å². The molecule has 4 heteroatoms. The van der Waals surface area contributed by atoms with Crippen molar-refractivity contribution in [3.63, 3.8) is 0 Å². The molecular weight excluding hydrogens is 180 g/mol. The predicted octanol–water partition coefficient (Wildman–Crippen LogP) is 0.103. The van der Waals surface area contributed by atoms with E-state index in [4.69, 9.17) is 9.84 Å². The normalized spacial score (nSPS) is 27.5. The first-order valence-corrected chi connectivity index (χ1v) is 4.76. The molecule has 1 aromatic rings. The van der Waals surface area contributed by atoms with E-state index in [9.17, 15) is 0 Å². The topological polar surface area (TPSA) is 54.4 Å². The van der Waals surface area contributed by atoms with Gasteiger partial charge in [-0.15, -0.1) is 0 Å². The van der Waals surface area contributed by atoms with Crippen LogP contribution in [0.4, 0.5) is 0 Å². The van der Waals surface area contributed by atoms with Gasteiger partial charge in [-0.25, -0.2) is 0 Å². The Hall–Kier alpha value is -0.970. The molecule has 0 aromatic carbocycles. The number of ether oxygens (including phenoxy) is 1. The SMILES string of the molecule is OCC1CNC(c2ccncc2)CO1. The minimum atomic E-state index is -0.0620. The van der Waals surface area contributed by atoms with Crippen LogP contribution in [-0.2, 0) is 4.74 Å². The summed E-state index contributed by atoms with van der Waals surface area (Å²) in [6.45, 7) is 1.38. The molecule has 1 aliphatic heterocycles. The first-order valence-electron chi connectivity index (χ1n) is 4.76. The molecule has 2 atom stereocenters. The Labute approximate surface area is 82.9 Å². The van der Waals surface area contributed by atoms with Crippen LogP contribution in [0.15, 0.2) is 24.5 Å². The van der Waals surface area contributed by atoms with Crippen molar-refractivity contribution in [3.8, 4) is 0 Å². The van der Waals surface area contributed by atoms with E-state index < -0.39 is 0 Å². The second-order valence-electron chi connectivity index (χ2n) is 3.38. The third-order valence-electron chi connectivity index (χ3n) is 2.40. The molecule has 0 bridgehead atoms. The molecule has 0 aliphatic carbocycles. The first-order chi connectivity index (χ1) is 6.90. The summed E-state index contributed by atoms with van der Waals surface area (Å²) >= 11 is 0. The standard InChI is InChI=1S/C10H14N2O2/c13-6-9-5-12-10(7-14-9)8-1-3-11-4-2-8/h1-4,9-10,12-13H,5-7H2. The van der Waals surface area contributed by atoms with Crippen LogP contribution in [0.5, 0.6) is 0 Å². The van der Waals surface area contributed by atoms with Crippen molar-refractivity contribution in [1.82, 2.24) is 10.3 Å². The largest absolute Gasteiger partial charge is 0.394 e. The van der Waals surface area contributed by atoms with Crippen LogP contribution >= 0.6 is 0 Å². The predicted molar refractivity (Wildman–Crippen MR) is 51.8 cm³/mol. The fourth-order valence-electron chi connectivity index (χ4n) is 1.55. The first kappa shape index (κ1) is 9.58. The Morgan fingerprint density at radius 1 is 1.50 bits per heavy atom. The van der Waals surface area contributed by atoms with Crippen LogP contribution in [0.2, 0.25) is 0 Å². The molecule has 0 spiro atoms. The lowest BCUT2D eigenvalue weighted by Gasteiger charge is -2.29. The monoisotopic (exact) mass is 194 g/mol. The molecule has 1 aromatic heterocycles. The Morgan fingerprint density at radius 3 is 2.86 bits per heavy atom. The Morgan fingerprint density at radius 2 is 2.29 bits per heavy atom. The lowest BCUT2D eigenvalue weighted by Crippen LogP contribution is -2.42. The van der Waals surface area contributed by atoms with E-state index in [-0.39, 0.29) is 18.8 Å². The molecular formula is C10H14N2O2. The zero-order valence-corrected chi connectivity index (χ0v) is 7.89. The zero-order valence-electron chi connectivity index (χ0n) is 7.89. The third kappa shape index (κ3) is 2.09. The molecule has 2 rings (SSSR count). The lowest BCUT2D eigenvalue weighted by molar-refractivity contribution is -0.0259. The molecule has 2 heterocycles. The summed E-state index contributed by atoms with van der Waals surface area (Å²) in [4.78, 5) is 3.96. The van der Waals surface area contributed by atoms with E-state index in [1.54, 1.807) is 12.4 Å². The molecule has 4 nitrogen and oxygen atoms in total. The van der Waals surface area contributed by atoms with Gasteiger partial charge < -0.3 is 15.2 Å². The number of pyridine rings is 1. The van der Waals surface area contributed by atoms with Crippen molar-refractivity contribution in [1.29, 1.82) is 0 Å². The maximum absolute atomic E-state index is 8.87. The number of morpholine rings is 1. The van der Waals surface area contributed by atoms with Gasteiger partial charge in [0.15, 0.2) is 0 Å². The second kappa shape index (κ2) is 4.50. The summed E-state index contributed by atoms with van der Waals surface area (Å²) in [5.74, 6) is 0. The van der Waals surface area contributed by atoms with Gasteiger partial charge in [0.2, 0.25) is 0 Å². The highest BCUT2D eigenvalue weighted by atomic mass is 16.5. The van der Waals surface area contributed by atoms with Crippen LogP contribution in [0.1, 0.15) is 11.6 Å². The van der Waals surface area contributed by atoms with Crippen LogP contribution in [-0.4, -0.2) is 36.0 Å². The van der Waals surface area contributed by atoms with Crippen molar-refractivity contribution >= 4 is 0 Å². The summed E-state index contributed by atoms with van der Waals surface area (Å²) in [5.41, 5.74) is 1.18. The van der Waals surface area contributed by atoms with Gasteiger partial charge in [-0.1, -0.05) is 0 Å². The zero-order chi connectivity index (χ0) is 9.80. The third-order valence-corrected chi connectivity index (χ3v) is 2.40. The Kier molecular flexibility index (Phi) is 3.08. The number of aliphatic hydroxyl groups excluding tert-OH is 1. The fraction of sp³-hybridized carbons (Fsp3) is 0.500. The van der Waals surface area contributed by atoms with E-state index in [1.165, 1.54) is 5.56 Å². The van der Waals surface area contributed by atoms with Gasteiger partial charge in [0.25, 0.3) is 0 Å².